The van der Waals surface area contributed by atoms with Crippen LogP contribution in [0.5, 0.6) is 5.75 Å². The maximum atomic E-state index is 5.97. The molecule has 0 unspecified atom stereocenters. The Balaban J connectivity index is 2.02. The molecule has 90 valence electrons. The highest BCUT2D eigenvalue weighted by atomic mass is 35.5. The third kappa shape index (κ3) is 3.23. The molecule has 0 saturated heterocycles. The largest absolute Gasteiger partial charge is 0.486 e. The minimum absolute atomic E-state index is 0.390. The van der Waals surface area contributed by atoms with Gasteiger partial charge in [-0.1, -0.05) is 34.5 Å². The molecular weight excluding hydrogens is 281 g/mol. The van der Waals surface area contributed by atoms with Crippen LogP contribution in [0.1, 0.15) is 4.88 Å². The number of nitrogens with two attached hydrogens (primary N) is 1. The molecule has 17 heavy (non-hydrogen) atoms. The predicted octanol–water partition coefficient (Wildman–Crippen LogP) is 3.31. The van der Waals surface area contributed by atoms with Crippen molar-refractivity contribution in [3.05, 3.63) is 39.3 Å². The van der Waals surface area contributed by atoms with Gasteiger partial charge in [-0.2, -0.15) is 0 Å². The van der Waals surface area contributed by atoms with E-state index in [0.29, 0.717) is 27.5 Å². The van der Waals surface area contributed by atoms with E-state index in [1.807, 2.05) is 0 Å². The summed E-state index contributed by atoms with van der Waals surface area (Å²) in [6.07, 6.45) is 1.70. The average molecular weight is 290 g/mol. The van der Waals surface area contributed by atoms with Crippen molar-refractivity contribution >= 4 is 39.7 Å². The van der Waals surface area contributed by atoms with Gasteiger partial charge in [-0.15, -0.1) is 0 Å². The van der Waals surface area contributed by atoms with Crippen molar-refractivity contribution in [1.82, 2.24) is 4.98 Å². The predicted molar refractivity (Wildman–Crippen MR) is 70.7 cm³/mol. The van der Waals surface area contributed by atoms with Gasteiger partial charge in [-0.25, -0.2) is 10.8 Å². The fourth-order valence-corrected chi connectivity index (χ4v) is 2.28. The van der Waals surface area contributed by atoms with E-state index >= 15 is 0 Å². The Morgan fingerprint density at radius 1 is 1.41 bits per heavy atom. The molecule has 0 radical (unpaired) electrons. The highest BCUT2D eigenvalue weighted by Crippen LogP contribution is 2.28. The zero-order valence-electron chi connectivity index (χ0n) is 8.61. The molecule has 0 amide bonds. The number of rotatable bonds is 4. The van der Waals surface area contributed by atoms with Crippen LogP contribution in [-0.2, 0) is 6.61 Å². The van der Waals surface area contributed by atoms with Crippen LogP contribution in [0.4, 0.5) is 5.13 Å². The Morgan fingerprint density at radius 2 is 2.24 bits per heavy atom. The van der Waals surface area contributed by atoms with Gasteiger partial charge in [0.15, 0.2) is 5.13 Å². The van der Waals surface area contributed by atoms with E-state index in [0.717, 1.165) is 4.88 Å². The minimum Gasteiger partial charge on any atom is -0.486 e. The zero-order chi connectivity index (χ0) is 12.3. The lowest BCUT2D eigenvalue weighted by atomic mass is 10.3. The van der Waals surface area contributed by atoms with Crippen LogP contribution in [-0.4, -0.2) is 4.98 Å². The molecule has 7 heteroatoms. The first-order chi connectivity index (χ1) is 8.19. The fraction of sp³-hybridized carbons (Fsp3) is 0.100. The Kier molecular flexibility index (Phi) is 4.06. The number of ether oxygens (including phenoxy) is 1. The lowest BCUT2D eigenvalue weighted by Gasteiger charge is -2.06. The van der Waals surface area contributed by atoms with E-state index < -0.39 is 0 Å². The van der Waals surface area contributed by atoms with Crippen LogP contribution in [0.2, 0.25) is 10.0 Å². The maximum absolute atomic E-state index is 5.97. The second-order valence-corrected chi connectivity index (χ2v) is 5.10. The summed E-state index contributed by atoms with van der Waals surface area (Å²) >= 11 is 13.2. The fourth-order valence-electron chi connectivity index (χ4n) is 1.18. The van der Waals surface area contributed by atoms with Crippen molar-refractivity contribution in [2.45, 2.75) is 6.61 Å². The molecule has 0 bridgehead atoms. The van der Waals surface area contributed by atoms with Crippen LogP contribution < -0.4 is 16.0 Å². The highest BCUT2D eigenvalue weighted by molar-refractivity contribution is 7.15. The Hall–Kier alpha value is -1.01. The number of nitrogen functional groups attached to an aromatic ring is 1. The van der Waals surface area contributed by atoms with Crippen molar-refractivity contribution in [2.75, 3.05) is 5.43 Å². The summed E-state index contributed by atoms with van der Waals surface area (Å²) in [5.41, 5.74) is 2.47. The summed E-state index contributed by atoms with van der Waals surface area (Å²) in [4.78, 5) is 4.98. The third-order valence-electron chi connectivity index (χ3n) is 1.94. The minimum atomic E-state index is 0.390. The molecule has 0 atom stereocenters. The van der Waals surface area contributed by atoms with E-state index in [-0.39, 0.29) is 0 Å². The van der Waals surface area contributed by atoms with E-state index in [4.69, 9.17) is 33.8 Å². The van der Waals surface area contributed by atoms with Crippen LogP contribution in [0.25, 0.3) is 0 Å². The van der Waals surface area contributed by atoms with Gasteiger partial charge in [0, 0.05) is 11.2 Å². The van der Waals surface area contributed by atoms with Gasteiger partial charge in [0.25, 0.3) is 0 Å². The first-order valence-corrected chi connectivity index (χ1v) is 6.25. The summed E-state index contributed by atoms with van der Waals surface area (Å²) < 4.78 is 5.55. The van der Waals surface area contributed by atoms with Gasteiger partial charge in [-0.3, -0.25) is 5.43 Å². The first-order valence-electron chi connectivity index (χ1n) is 4.68. The van der Waals surface area contributed by atoms with Crippen LogP contribution in [0, 0.1) is 0 Å². The van der Waals surface area contributed by atoms with Gasteiger partial charge in [0.1, 0.15) is 12.4 Å². The van der Waals surface area contributed by atoms with Gasteiger partial charge in [0.2, 0.25) is 0 Å². The molecule has 2 rings (SSSR count). The number of halogens is 2. The molecule has 0 aliphatic rings. The number of aromatic nitrogens is 1. The topological polar surface area (TPSA) is 60.2 Å². The third-order valence-corrected chi connectivity index (χ3v) is 3.37. The summed E-state index contributed by atoms with van der Waals surface area (Å²) in [7, 11) is 0. The second kappa shape index (κ2) is 5.55. The normalized spacial score (nSPS) is 10.3. The number of anilines is 1. The number of nitrogens with zero attached hydrogens (tertiary/aromatic N) is 1. The molecular formula is C10H9Cl2N3OS. The number of nitrogens with one attached hydrogen (secondary N) is 1. The molecule has 0 aliphatic carbocycles. The van der Waals surface area contributed by atoms with Crippen LogP contribution in [0.15, 0.2) is 24.4 Å². The van der Waals surface area contributed by atoms with E-state index in [1.165, 1.54) is 11.3 Å². The SMILES string of the molecule is NNc1ncc(COc2ccc(Cl)cc2Cl)s1. The summed E-state index contributed by atoms with van der Waals surface area (Å²) in [6, 6.07) is 5.09. The molecule has 0 aliphatic heterocycles. The van der Waals surface area contributed by atoms with Crippen molar-refractivity contribution in [3.63, 3.8) is 0 Å². The zero-order valence-corrected chi connectivity index (χ0v) is 10.9. The van der Waals surface area contributed by atoms with Gasteiger partial charge in [0.05, 0.1) is 9.90 Å². The quantitative estimate of drug-likeness (QED) is 0.670. The Bertz CT molecular complexity index is 518. The van der Waals surface area contributed by atoms with Crippen LogP contribution >= 0.6 is 34.5 Å². The lowest BCUT2D eigenvalue weighted by molar-refractivity contribution is 0.310. The summed E-state index contributed by atoms with van der Waals surface area (Å²) in [5, 5.41) is 1.71. The summed E-state index contributed by atoms with van der Waals surface area (Å²) in [5.74, 6) is 5.82. The molecule has 1 aromatic heterocycles. The molecule has 2 aromatic rings. The first kappa shape index (κ1) is 12.4. The lowest BCUT2D eigenvalue weighted by Crippen LogP contribution is -2.05. The summed E-state index contributed by atoms with van der Waals surface area (Å²) in [6.45, 7) is 0.390. The number of hydrazine groups is 1. The standard InChI is InChI=1S/C10H9Cl2N3OS/c11-6-1-2-9(8(12)3-6)16-5-7-4-14-10(15-13)17-7/h1-4H,5,13H2,(H,14,15). The van der Waals surface area contributed by atoms with Gasteiger partial charge >= 0.3 is 0 Å². The molecule has 0 fully saturated rings. The monoisotopic (exact) mass is 289 g/mol. The second-order valence-electron chi connectivity index (χ2n) is 3.14. The molecule has 0 spiro atoms. The van der Waals surface area contributed by atoms with E-state index in [1.54, 1.807) is 24.4 Å². The van der Waals surface area contributed by atoms with Crippen molar-refractivity contribution in [1.29, 1.82) is 0 Å². The smallest absolute Gasteiger partial charge is 0.197 e. The molecule has 1 heterocycles. The van der Waals surface area contributed by atoms with Gasteiger partial charge < -0.3 is 4.74 Å². The van der Waals surface area contributed by atoms with E-state index in [9.17, 15) is 0 Å². The van der Waals surface area contributed by atoms with E-state index in [2.05, 4.69) is 10.4 Å². The average Bonchev–Trinajstić information content (AvgIpc) is 2.76. The Labute approximate surface area is 112 Å². The Morgan fingerprint density at radius 3 is 2.88 bits per heavy atom. The molecule has 1 aromatic carbocycles. The molecule has 4 nitrogen and oxygen atoms in total. The molecule has 3 N–H and O–H groups in total. The maximum Gasteiger partial charge on any atom is 0.197 e. The van der Waals surface area contributed by atoms with Crippen molar-refractivity contribution < 1.29 is 4.74 Å². The highest BCUT2D eigenvalue weighted by Gasteiger charge is 2.05. The van der Waals surface area contributed by atoms with Gasteiger partial charge in [-0.05, 0) is 18.2 Å². The number of hydrogen-bond donors (Lipinski definition) is 2. The molecule has 0 saturated carbocycles. The number of hydrogen-bond acceptors (Lipinski definition) is 5. The van der Waals surface area contributed by atoms with Crippen LogP contribution in [0.3, 0.4) is 0 Å². The number of thiazole rings is 1. The number of benzene rings is 1. The van der Waals surface area contributed by atoms with Crippen molar-refractivity contribution in [3.8, 4) is 5.75 Å². The van der Waals surface area contributed by atoms with Crippen molar-refractivity contribution in [2.24, 2.45) is 5.84 Å².